The number of halogens is 1. The average Bonchev–Trinajstić information content (AvgIpc) is 2.98. The Morgan fingerprint density at radius 3 is 2.95 bits per heavy atom. The Balaban J connectivity index is 2.17. The van der Waals surface area contributed by atoms with E-state index < -0.39 is 4.92 Å². The van der Waals surface area contributed by atoms with E-state index in [1.165, 1.54) is 6.07 Å². The molecule has 1 fully saturated rings. The first kappa shape index (κ1) is 15.7. The summed E-state index contributed by atoms with van der Waals surface area (Å²) in [7, 11) is 0. The number of ether oxygens (including phenoxy) is 2. The van der Waals surface area contributed by atoms with Gasteiger partial charge in [-0.15, -0.1) is 0 Å². The second-order valence-electron chi connectivity index (χ2n) is 4.49. The van der Waals surface area contributed by atoms with Crippen LogP contribution in [-0.2, 0) is 9.53 Å². The average molecular weight is 402 g/mol. The van der Waals surface area contributed by atoms with Crippen molar-refractivity contribution in [2.45, 2.75) is 6.42 Å². The lowest BCUT2D eigenvalue weighted by atomic mass is 10.0. The zero-order valence-corrected chi connectivity index (χ0v) is 13.0. The molecule has 1 aromatic rings. The quantitative estimate of drug-likeness (QED) is 0.425. The van der Waals surface area contributed by atoms with Crippen LogP contribution < -0.4 is 4.74 Å². The molecule has 0 bridgehead atoms. The monoisotopic (exact) mass is 402 g/mol. The molecule has 7 nitrogen and oxygen atoms in total. The zero-order chi connectivity index (χ0) is 15.4. The maximum Gasteiger partial charge on any atom is 0.313 e. The SMILES string of the molecule is N#Cc1cc(I)c(OCC(=O)C2CCOC2)c([N+](=O)[O-])c1. The number of carbonyl (C=O) groups is 1. The Bertz CT molecular complexity index is 620. The van der Waals surface area contributed by atoms with Gasteiger partial charge in [-0.1, -0.05) is 0 Å². The van der Waals surface area contributed by atoms with Crippen LogP contribution >= 0.6 is 22.6 Å². The molecule has 2 rings (SSSR count). The van der Waals surface area contributed by atoms with Gasteiger partial charge < -0.3 is 9.47 Å². The number of nitro groups is 1. The number of nitrogens with zero attached hydrogens (tertiary/aromatic N) is 2. The molecule has 110 valence electrons. The van der Waals surface area contributed by atoms with E-state index in [-0.39, 0.29) is 35.3 Å². The smallest absolute Gasteiger partial charge is 0.313 e. The highest BCUT2D eigenvalue weighted by atomic mass is 127. The van der Waals surface area contributed by atoms with Gasteiger partial charge in [0.2, 0.25) is 5.75 Å². The fraction of sp³-hybridized carbons (Fsp3) is 0.385. The van der Waals surface area contributed by atoms with E-state index in [0.29, 0.717) is 23.2 Å². The van der Waals surface area contributed by atoms with Crippen LogP contribution in [0.25, 0.3) is 0 Å². The number of benzene rings is 1. The molecule has 0 saturated carbocycles. The minimum Gasteiger partial charge on any atom is -0.478 e. The first-order chi connectivity index (χ1) is 10.0. The molecule has 1 aliphatic rings. The molecular formula is C13H11IN2O5. The Morgan fingerprint density at radius 2 is 2.38 bits per heavy atom. The molecule has 1 atom stereocenters. The molecule has 0 aliphatic carbocycles. The highest BCUT2D eigenvalue weighted by molar-refractivity contribution is 14.1. The predicted octanol–water partition coefficient (Wildman–Crippen LogP) is 2.06. The molecule has 0 N–H and O–H groups in total. The van der Waals surface area contributed by atoms with Crippen molar-refractivity contribution < 1.29 is 19.2 Å². The topological polar surface area (TPSA) is 102 Å². The largest absolute Gasteiger partial charge is 0.478 e. The van der Waals surface area contributed by atoms with Crippen LogP contribution in [0.15, 0.2) is 12.1 Å². The summed E-state index contributed by atoms with van der Waals surface area (Å²) in [5.74, 6) is -0.325. The molecule has 1 saturated heterocycles. The second kappa shape index (κ2) is 6.82. The Morgan fingerprint density at radius 1 is 1.62 bits per heavy atom. The number of hydrogen-bond donors (Lipinski definition) is 0. The van der Waals surface area contributed by atoms with Gasteiger partial charge in [0.1, 0.15) is 6.61 Å². The lowest BCUT2D eigenvalue weighted by Gasteiger charge is -2.10. The van der Waals surface area contributed by atoms with Crippen LogP contribution in [0.4, 0.5) is 5.69 Å². The van der Waals surface area contributed by atoms with Gasteiger partial charge in [-0.3, -0.25) is 14.9 Å². The van der Waals surface area contributed by atoms with Crippen molar-refractivity contribution in [1.82, 2.24) is 0 Å². The molecule has 1 unspecified atom stereocenters. The van der Waals surface area contributed by atoms with Crippen LogP contribution in [-0.4, -0.2) is 30.5 Å². The third-order valence-corrected chi connectivity index (χ3v) is 3.89. The standard InChI is InChI=1S/C13H11IN2O5/c14-10-3-8(5-15)4-11(16(18)19)13(10)21-7-12(17)9-1-2-20-6-9/h3-4,9H,1-2,6-7H2. The van der Waals surface area contributed by atoms with Crippen LogP contribution in [0, 0.1) is 30.9 Å². The lowest BCUT2D eigenvalue weighted by molar-refractivity contribution is -0.385. The molecule has 0 spiro atoms. The Hall–Kier alpha value is -1.73. The van der Waals surface area contributed by atoms with Gasteiger partial charge in [0.25, 0.3) is 0 Å². The molecule has 1 heterocycles. The van der Waals surface area contributed by atoms with Gasteiger partial charge in [-0.25, -0.2) is 0 Å². The van der Waals surface area contributed by atoms with E-state index in [1.54, 1.807) is 0 Å². The van der Waals surface area contributed by atoms with E-state index in [9.17, 15) is 14.9 Å². The first-order valence-electron chi connectivity index (χ1n) is 6.14. The number of rotatable bonds is 5. The predicted molar refractivity (Wildman–Crippen MR) is 80.0 cm³/mol. The summed E-state index contributed by atoms with van der Waals surface area (Å²) in [4.78, 5) is 22.3. The molecule has 8 heteroatoms. The summed E-state index contributed by atoms with van der Waals surface area (Å²) >= 11 is 1.85. The molecule has 1 aliphatic heterocycles. The third kappa shape index (κ3) is 3.68. The minimum atomic E-state index is -0.624. The number of ketones is 1. The highest BCUT2D eigenvalue weighted by Crippen LogP contribution is 2.33. The van der Waals surface area contributed by atoms with Crippen molar-refractivity contribution in [3.63, 3.8) is 0 Å². The summed E-state index contributed by atoms with van der Waals surface area (Å²) in [6.45, 7) is 0.677. The Labute approximate surface area is 134 Å². The lowest BCUT2D eigenvalue weighted by Crippen LogP contribution is -2.22. The normalized spacial score (nSPS) is 17.2. The molecule has 0 aromatic heterocycles. The van der Waals surface area contributed by atoms with Gasteiger partial charge in [-0.2, -0.15) is 5.26 Å². The van der Waals surface area contributed by atoms with E-state index in [1.807, 2.05) is 28.7 Å². The van der Waals surface area contributed by atoms with Crippen LogP contribution in [0.5, 0.6) is 5.75 Å². The highest BCUT2D eigenvalue weighted by Gasteiger charge is 2.26. The zero-order valence-electron chi connectivity index (χ0n) is 10.9. The summed E-state index contributed by atoms with van der Waals surface area (Å²) in [6, 6.07) is 4.47. The fourth-order valence-electron chi connectivity index (χ4n) is 1.97. The van der Waals surface area contributed by atoms with Crippen molar-refractivity contribution in [3.05, 3.63) is 31.4 Å². The number of hydrogen-bond acceptors (Lipinski definition) is 6. The minimum absolute atomic E-state index is 0.0202. The van der Waals surface area contributed by atoms with Crippen LogP contribution in [0.2, 0.25) is 0 Å². The second-order valence-corrected chi connectivity index (χ2v) is 5.65. The summed E-state index contributed by atoms with van der Waals surface area (Å²) in [5.41, 5.74) is -0.136. The molecule has 0 radical (unpaired) electrons. The van der Waals surface area contributed by atoms with Crippen molar-refractivity contribution in [3.8, 4) is 11.8 Å². The summed E-state index contributed by atoms with van der Waals surface area (Å²) in [5, 5.41) is 19.9. The van der Waals surface area contributed by atoms with E-state index in [4.69, 9.17) is 14.7 Å². The molecule has 21 heavy (non-hydrogen) atoms. The van der Waals surface area contributed by atoms with Crippen LogP contribution in [0.1, 0.15) is 12.0 Å². The van der Waals surface area contributed by atoms with E-state index in [2.05, 4.69) is 0 Å². The van der Waals surface area contributed by atoms with Crippen LogP contribution in [0.3, 0.4) is 0 Å². The fourth-order valence-corrected chi connectivity index (χ4v) is 2.74. The summed E-state index contributed by atoms with van der Waals surface area (Å²) < 4.78 is 10.9. The number of nitro benzene ring substituents is 1. The van der Waals surface area contributed by atoms with Gasteiger partial charge in [0, 0.05) is 18.6 Å². The summed E-state index contributed by atoms with van der Waals surface area (Å²) in [6.07, 6.45) is 0.648. The maximum absolute atomic E-state index is 11.9. The van der Waals surface area contributed by atoms with Crippen molar-refractivity contribution >= 4 is 34.1 Å². The first-order valence-corrected chi connectivity index (χ1v) is 7.22. The van der Waals surface area contributed by atoms with Gasteiger partial charge >= 0.3 is 5.69 Å². The number of nitriles is 1. The third-order valence-electron chi connectivity index (χ3n) is 3.09. The molecule has 1 aromatic carbocycles. The van der Waals surface area contributed by atoms with Crippen molar-refractivity contribution in [2.24, 2.45) is 5.92 Å². The van der Waals surface area contributed by atoms with Gasteiger partial charge in [0.15, 0.2) is 5.78 Å². The number of carbonyl (C=O) groups excluding carboxylic acids is 1. The van der Waals surface area contributed by atoms with E-state index >= 15 is 0 Å². The van der Waals surface area contributed by atoms with Gasteiger partial charge in [-0.05, 0) is 35.1 Å². The molecule has 0 amide bonds. The van der Waals surface area contributed by atoms with Gasteiger partial charge in [0.05, 0.1) is 26.7 Å². The number of Topliss-reactive ketones (excluding diaryl/α,β-unsaturated/α-hetero) is 1. The van der Waals surface area contributed by atoms with E-state index in [0.717, 1.165) is 6.07 Å². The maximum atomic E-state index is 11.9. The molecular weight excluding hydrogens is 391 g/mol. The van der Waals surface area contributed by atoms with Crippen molar-refractivity contribution in [1.29, 1.82) is 5.26 Å². The van der Waals surface area contributed by atoms with Crippen molar-refractivity contribution in [2.75, 3.05) is 19.8 Å². The Kier molecular flexibility index (Phi) is 5.08.